The maximum absolute atomic E-state index is 13.1. The standard InChI is InChI=1S/C20H26N2O4S2/c1-27-16(12-13-6-3-2-4-7-13)18(23)21-14-10-11-28-17-9-5-8-15(20(25)26)22(17)19(14)24/h2-4,6-7,14-17H,5,8-12H2,1H3,(H,21,23)(H,25,26)/t14-,15-,16-,17-/m0/s1. The monoisotopic (exact) mass is 422 g/mol. The first-order chi connectivity index (χ1) is 13.5. The molecule has 2 heterocycles. The number of fused-ring (bicyclic) bond motifs is 1. The first kappa shape index (κ1) is 21.0. The molecule has 2 N–H and O–H groups in total. The Morgan fingerprint density at radius 3 is 2.71 bits per heavy atom. The molecule has 0 aliphatic carbocycles. The van der Waals surface area contributed by atoms with Crippen LogP contribution in [0.15, 0.2) is 30.3 Å². The summed E-state index contributed by atoms with van der Waals surface area (Å²) in [6.07, 6.45) is 5.09. The fourth-order valence-corrected chi connectivity index (χ4v) is 5.83. The largest absolute Gasteiger partial charge is 0.480 e. The van der Waals surface area contributed by atoms with E-state index in [4.69, 9.17) is 0 Å². The van der Waals surface area contributed by atoms with E-state index in [2.05, 4.69) is 5.32 Å². The average molecular weight is 423 g/mol. The number of thioether (sulfide) groups is 2. The number of nitrogens with one attached hydrogen (secondary N) is 1. The van der Waals surface area contributed by atoms with Gasteiger partial charge in [0.25, 0.3) is 0 Å². The third kappa shape index (κ3) is 4.84. The number of carboxylic acid groups (broad SMARTS) is 1. The molecule has 0 radical (unpaired) electrons. The first-order valence-corrected chi connectivity index (χ1v) is 11.9. The summed E-state index contributed by atoms with van der Waals surface area (Å²) in [5, 5.41) is 12.1. The number of nitrogens with zero attached hydrogens (tertiary/aromatic N) is 1. The Balaban J connectivity index is 1.70. The zero-order valence-electron chi connectivity index (χ0n) is 15.9. The van der Waals surface area contributed by atoms with Gasteiger partial charge in [0.2, 0.25) is 11.8 Å². The number of rotatable bonds is 6. The molecule has 0 spiro atoms. The minimum Gasteiger partial charge on any atom is -0.480 e. The summed E-state index contributed by atoms with van der Waals surface area (Å²) in [5.41, 5.74) is 1.07. The van der Waals surface area contributed by atoms with Gasteiger partial charge in [-0.2, -0.15) is 11.8 Å². The number of carbonyl (C=O) groups excluding carboxylic acids is 2. The molecule has 8 heteroatoms. The highest BCUT2D eigenvalue weighted by Crippen LogP contribution is 2.34. The molecule has 152 valence electrons. The highest BCUT2D eigenvalue weighted by molar-refractivity contribution is 8.00. The molecule has 3 rings (SSSR count). The molecular weight excluding hydrogens is 396 g/mol. The molecule has 6 nitrogen and oxygen atoms in total. The molecule has 2 amide bonds. The average Bonchev–Trinajstić information content (AvgIpc) is 2.86. The third-order valence-electron chi connectivity index (χ3n) is 5.29. The normalized spacial score (nSPS) is 26.1. The van der Waals surface area contributed by atoms with Crippen LogP contribution in [0.3, 0.4) is 0 Å². The second kappa shape index (κ2) is 9.69. The van der Waals surface area contributed by atoms with Crippen LogP contribution in [0.4, 0.5) is 0 Å². The van der Waals surface area contributed by atoms with E-state index in [-0.39, 0.29) is 22.4 Å². The van der Waals surface area contributed by atoms with Gasteiger partial charge in [0.05, 0.1) is 10.6 Å². The van der Waals surface area contributed by atoms with Gasteiger partial charge in [-0.05, 0) is 49.7 Å². The van der Waals surface area contributed by atoms with Gasteiger partial charge in [0, 0.05) is 0 Å². The predicted octanol–water partition coefficient (Wildman–Crippen LogP) is 2.37. The molecule has 2 aliphatic rings. The van der Waals surface area contributed by atoms with Crippen LogP contribution in [0.25, 0.3) is 0 Å². The molecular formula is C20H26N2O4S2. The summed E-state index contributed by atoms with van der Waals surface area (Å²) in [6, 6.07) is 8.35. The van der Waals surface area contributed by atoms with Crippen molar-refractivity contribution in [3.63, 3.8) is 0 Å². The Labute approximate surface area is 173 Å². The number of aliphatic carboxylic acids is 1. The van der Waals surface area contributed by atoms with E-state index in [0.717, 1.165) is 24.2 Å². The maximum Gasteiger partial charge on any atom is 0.326 e. The number of hydrogen-bond acceptors (Lipinski definition) is 5. The number of carbonyl (C=O) groups is 3. The van der Waals surface area contributed by atoms with Gasteiger partial charge in [-0.15, -0.1) is 11.8 Å². The summed E-state index contributed by atoms with van der Waals surface area (Å²) >= 11 is 3.09. The first-order valence-electron chi connectivity index (χ1n) is 9.55. The molecule has 1 aromatic rings. The summed E-state index contributed by atoms with van der Waals surface area (Å²) in [5.74, 6) is -0.652. The summed E-state index contributed by atoms with van der Waals surface area (Å²) in [4.78, 5) is 39.2. The topological polar surface area (TPSA) is 86.7 Å². The Bertz CT molecular complexity index is 715. The molecule has 0 saturated carbocycles. The predicted molar refractivity (Wildman–Crippen MR) is 112 cm³/mol. The van der Waals surface area contributed by atoms with E-state index in [1.807, 2.05) is 36.6 Å². The molecule has 28 heavy (non-hydrogen) atoms. The lowest BCUT2D eigenvalue weighted by molar-refractivity contribution is -0.154. The van der Waals surface area contributed by atoms with Gasteiger partial charge in [0.15, 0.2) is 0 Å². The highest BCUT2D eigenvalue weighted by atomic mass is 32.2. The zero-order chi connectivity index (χ0) is 20.1. The molecule has 2 aliphatic heterocycles. The van der Waals surface area contributed by atoms with Crippen LogP contribution in [0.2, 0.25) is 0 Å². The van der Waals surface area contributed by atoms with E-state index in [0.29, 0.717) is 19.3 Å². The quantitative estimate of drug-likeness (QED) is 0.732. The Hall–Kier alpha value is -1.67. The minimum atomic E-state index is -0.961. The van der Waals surface area contributed by atoms with E-state index in [1.165, 1.54) is 16.7 Å². The number of hydrogen-bond donors (Lipinski definition) is 2. The van der Waals surface area contributed by atoms with Gasteiger partial charge in [-0.25, -0.2) is 4.79 Å². The van der Waals surface area contributed by atoms with Crippen LogP contribution in [0.5, 0.6) is 0 Å². The van der Waals surface area contributed by atoms with E-state index in [1.54, 1.807) is 11.8 Å². The molecule has 2 fully saturated rings. The number of benzene rings is 1. The van der Waals surface area contributed by atoms with Gasteiger partial charge >= 0.3 is 5.97 Å². The second-order valence-electron chi connectivity index (χ2n) is 7.12. The van der Waals surface area contributed by atoms with Crippen molar-refractivity contribution in [1.82, 2.24) is 10.2 Å². The van der Waals surface area contributed by atoms with Crippen molar-refractivity contribution in [3.8, 4) is 0 Å². The van der Waals surface area contributed by atoms with Crippen molar-refractivity contribution < 1.29 is 19.5 Å². The molecule has 0 aromatic heterocycles. The lowest BCUT2D eigenvalue weighted by Gasteiger charge is -2.39. The lowest BCUT2D eigenvalue weighted by atomic mass is 10.00. The fourth-order valence-electron chi connectivity index (χ4n) is 3.80. The third-order valence-corrected chi connectivity index (χ3v) is 7.56. The van der Waals surface area contributed by atoms with Gasteiger partial charge < -0.3 is 15.3 Å². The van der Waals surface area contributed by atoms with Crippen molar-refractivity contribution >= 4 is 41.3 Å². The van der Waals surface area contributed by atoms with Crippen LogP contribution < -0.4 is 5.32 Å². The molecule has 0 unspecified atom stereocenters. The highest BCUT2D eigenvalue weighted by Gasteiger charge is 2.43. The Morgan fingerprint density at radius 2 is 2.04 bits per heavy atom. The maximum atomic E-state index is 13.1. The van der Waals surface area contributed by atoms with Crippen LogP contribution in [-0.4, -0.2) is 62.5 Å². The van der Waals surface area contributed by atoms with Crippen molar-refractivity contribution in [2.45, 2.75) is 54.8 Å². The van der Waals surface area contributed by atoms with Crippen molar-refractivity contribution in [3.05, 3.63) is 35.9 Å². The smallest absolute Gasteiger partial charge is 0.326 e. The van der Waals surface area contributed by atoms with Crippen molar-refractivity contribution in [2.24, 2.45) is 0 Å². The van der Waals surface area contributed by atoms with Crippen molar-refractivity contribution in [1.29, 1.82) is 0 Å². The van der Waals surface area contributed by atoms with E-state index >= 15 is 0 Å². The number of carboxylic acids is 1. The van der Waals surface area contributed by atoms with Crippen LogP contribution >= 0.6 is 23.5 Å². The minimum absolute atomic E-state index is 0.107. The Morgan fingerprint density at radius 1 is 1.29 bits per heavy atom. The fraction of sp³-hybridized carbons (Fsp3) is 0.550. The lowest BCUT2D eigenvalue weighted by Crippen LogP contribution is -2.57. The van der Waals surface area contributed by atoms with Gasteiger partial charge in [0.1, 0.15) is 12.1 Å². The molecule has 0 bridgehead atoms. The van der Waals surface area contributed by atoms with Crippen LogP contribution in [-0.2, 0) is 20.8 Å². The summed E-state index contributed by atoms with van der Waals surface area (Å²) in [6.45, 7) is 0. The van der Waals surface area contributed by atoms with Crippen LogP contribution in [0.1, 0.15) is 31.2 Å². The molecule has 1 aromatic carbocycles. The second-order valence-corrected chi connectivity index (χ2v) is 9.45. The molecule has 4 atom stereocenters. The van der Waals surface area contributed by atoms with Gasteiger partial charge in [-0.1, -0.05) is 30.3 Å². The van der Waals surface area contributed by atoms with E-state index in [9.17, 15) is 19.5 Å². The SMILES string of the molecule is CS[C@@H](Cc1ccccc1)C(=O)N[C@H]1CCS[C@H]2CCC[C@@H](C(=O)O)N2C1=O. The van der Waals surface area contributed by atoms with Gasteiger partial charge in [-0.3, -0.25) is 9.59 Å². The summed E-state index contributed by atoms with van der Waals surface area (Å²) in [7, 11) is 0. The summed E-state index contributed by atoms with van der Waals surface area (Å²) < 4.78 is 0. The Kier molecular flexibility index (Phi) is 7.29. The zero-order valence-corrected chi connectivity index (χ0v) is 17.5. The van der Waals surface area contributed by atoms with Crippen molar-refractivity contribution in [2.75, 3.05) is 12.0 Å². The van der Waals surface area contributed by atoms with E-state index < -0.39 is 18.1 Å². The molecule has 2 saturated heterocycles. The number of piperidine rings is 1. The number of amides is 2. The van der Waals surface area contributed by atoms with Crippen LogP contribution in [0, 0.1) is 0 Å².